The molecule has 1 fully saturated rings. The van der Waals surface area contributed by atoms with Gasteiger partial charge in [0.05, 0.1) is 12.1 Å². The molecule has 1 aromatic heterocycles. The van der Waals surface area contributed by atoms with Crippen molar-refractivity contribution < 1.29 is 9.53 Å². The Balaban J connectivity index is 1.71. The number of carbonyl (C=O) groups excluding carboxylic acids is 1. The molecule has 2 heterocycles. The lowest BCUT2D eigenvalue weighted by molar-refractivity contribution is -0.126. The zero-order chi connectivity index (χ0) is 16.1. The van der Waals surface area contributed by atoms with Gasteiger partial charge in [0, 0.05) is 13.0 Å². The molecule has 0 saturated carbocycles. The van der Waals surface area contributed by atoms with E-state index in [1.807, 2.05) is 37.3 Å². The van der Waals surface area contributed by atoms with Crippen LogP contribution in [-0.2, 0) is 16.0 Å². The van der Waals surface area contributed by atoms with Gasteiger partial charge < -0.3 is 10.1 Å². The number of hydrogen-bond acceptors (Lipinski definition) is 5. The molecule has 2 aromatic rings. The van der Waals surface area contributed by atoms with Crippen LogP contribution in [0.4, 0.5) is 0 Å². The number of hydrogen-bond donors (Lipinski definition) is 1. The maximum absolute atomic E-state index is 12.7. The number of aromatic nitrogens is 4. The number of benzene rings is 1. The summed E-state index contributed by atoms with van der Waals surface area (Å²) in [5.41, 5.74) is 1.06. The van der Waals surface area contributed by atoms with Gasteiger partial charge in [-0.3, -0.25) is 4.79 Å². The Morgan fingerprint density at radius 2 is 2.26 bits per heavy atom. The van der Waals surface area contributed by atoms with Crippen molar-refractivity contribution in [1.29, 1.82) is 0 Å². The Bertz CT molecular complexity index is 611. The van der Waals surface area contributed by atoms with Gasteiger partial charge in [-0.1, -0.05) is 30.3 Å². The van der Waals surface area contributed by atoms with Crippen molar-refractivity contribution in [2.75, 3.05) is 6.61 Å². The number of amides is 1. The molecule has 0 bridgehead atoms. The number of ether oxygens (including phenoxy) is 1. The van der Waals surface area contributed by atoms with Crippen LogP contribution in [0.3, 0.4) is 0 Å². The van der Waals surface area contributed by atoms with Crippen molar-refractivity contribution in [1.82, 2.24) is 25.5 Å². The molecule has 1 amide bonds. The summed E-state index contributed by atoms with van der Waals surface area (Å²) < 4.78 is 7.15. The van der Waals surface area contributed by atoms with Gasteiger partial charge >= 0.3 is 0 Å². The first-order valence-corrected chi connectivity index (χ1v) is 7.92. The quantitative estimate of drug-likeness (QED) is 0.864. The molecule has 1 saturated heterocycles. The minimum Gasteiger partial charge on any atom is -0.376 e. The average molecular weight is 315 g/mol. The SMILES string of the molecule is C[C@H](NC(=O)[C@H](Cc1ccccc1)n1cnnn1)[C@@H]1CCCO1. The van der Waals surface area contributed by atoms with Gasteiger partial charge in [0.2, 0.25) is 5.91 Å². The van der Waals surface area contributed by atoms with Gasteiger partial charge in [-0.25, -0.2) is 4.68 Å². The molecule has 1 aromatic carbocycles. The lowest BCUT2D eigenvalue weighted by atomic mass is 10.0. The van der Waals surface area contributed by atoms with E-state index in [2.05, 4.69) is 20.8 Å². The molecule has 0 spiro atoms. The molecule has 3 atom stereocenters. The standard InChI is InChI=1S/C16H21N5O2/c1-12(15-8-5-9-23-15)18-16(22)14(21-11-17-19-20-21)10-13-6-3-2-4-7-13/h2-4,6-7,11-12,14-15H,5,8-10H2,1H3,(H,18,22)/t12-,14-,15-/m0/s1. The summed E-state index contributed by atoms with van der Waals surface area (Å²) in [6.07, 6.45) is 4.13. The van der Waals surface area contributed by atoms with Gasteiger partial charge in [-0.05, 0) is 35.8 Å². The van der Waals surface area contributed by atoms with Crippen LogP contribution >= 0.6 is 0 Å². The minimum absolute atomic E-state index is 0.0280. The van der Waals surface area contributed by atoms with Crippen LogP contribution in [-0.4, -0.2) is 44.9 Å². The molecule has 1 N–H and O–H groups in total. The molecule has 3 rings (SSSR count). The summed E-state index contributed by atoms with van der Waals surface area (Å²) in [6, 6.07) is 9.35. The van der Waals surface area contributed by atoms with Crippen LogP contribution in [0.2, 0.25) is 0 Å². The van der Waals surface area contributed by atoms with Crippen LogP contribution in [0.5, 0.6) is 0 Å². The largest absolute Gasteiger partial charge is 0.376 e. The van der Waals surface area contributed by atoms with Gasteiger partial charge in [0.15, 0.2) is 0 Å². The lowest BCUT2D eigenvalue weighted by Crippen LogP contribution is -2.44. The fourth-order valence-electron chi connectivity index (χ4n) is 2.87. The van der Waals surface area contributed by atoms with Crippen LogP contribution in [0.1, 0.15) is 31.4 Å². The second-order valence-electron chi connectivity index (χ2n) is 5.84. The lowest BCUT2D eigenvalue weighted by Gasteiger charge is -2.23. The summed E-state index contributed by atoms with van der Waals surface area (Å²) in [5.74, 6) is -0.0934. The van der Waals surface area contributed by atoms with E-state index in [9.17, 15) is 4.79 Å². The van der Waals surface area contributed by atoms with E-state index in [1.54, 1.807) is 0 Å². The van der Waals surface area contributed by atoms with Gasteiger partial charge in [-0.15, -0.1) is 5.10 Å². The molecule has 0 unspecified atom stereocenters. The van der Waals surface area contributed by atoms with E-state index < -0.39 is 6.04 Å². The first-order valence-electron chi connectivity index (χ1n) is 7.92. The molecule has 0 aliphatic carbocycles. The van der Waals surface area contributed by atoms with E-state index in [1.165, 1.54) is 11.0 Å². The molecule has 7 heteroatoms. The number of carbonyl (C=O) groups is 1. The van der Waals surface area contributed by atoms with Crippen molar-refractivity contribution in [3.05, 3.63) is 42.2 Å². The van der Waals surface area contributed by atoms with Crippen LogP contribution in [0.25, 0.3) is 0 Å². The monoisotopic (exact) mass is 315 g/mol. The summed E-state index contributed by atoms with van der Waals surface area (Å²) in [7, 11) is 0. The van der Waals surface area contributed by atoms with Crippen molar-refractivity contribution in [3.8, 4) is 0 Å². The Labute approximate surface area is 135 Å². The van der Waals surface area contributed by atoms with Gasteiger partial charge in [0.25, 0.3) is 0 Å². The predicted molar refractivity (Wildman–Crippen MR) is 83.6 cm³/mol. The molecule has 23 heavy (non-hydrogen) atoms. The minimum atomic E-state index is -0.476. The Kier molecular flexibility index (Phi) is 4.97. The summed E-state index contributed by atoms with van der Waals surface area (Å²) in [4.78, 5) is 12.7. The zero-order valence-corrected chi connectivity index (χ0v) is 13.1. The fourth-order valence-corrected chi connectivity index (χ4v) is 2.87. The first-order chi connectivity index (χ1) is 11.2. The average Bonchev–Trinajstić information content (AvgIpc) is 3.26. The van der Waals surface area contributed by atoms with E-state index in [-0.39, 0.29) is 18.1 Å². The highest BCUT2D eigenvalue weighted by molar-refractivity contribution is 5.80. The fraction of sp³-hybridized carbons (Fsp3) is 0.500. The number of nitrogens with zero attached hydrogens (tertiary/aromatic N) is 4. The molecule has 122 valence electrons. The van der Waals surface area contributed by atoms with E-state index >= 15 is 0 Å². The van der Waals surface area contributed by atoms with Crippen molar-refractivity contribution >= 4 is 5.91 Å². The first kappa shape index (κ1) is 15.6. The summed E-state index contributed by atoms with van der Waals surface area (Å²) in [5, 5.41) is 14.3. The molecular formula is C16H21N5O2. The second kappa shape index (κ2) is 7.32. The molecule has 0 radical (unpaired) electrons. The van der Waals surface area contributed by atoms with E-state index in [4.69, 9.17) is 4.74 Å². The third-order valence-electron chi connectivity index (χ3n) is 4.15. The highest BCUT2D eigenvalue weighted by Crippen LogP contribution is 2.18. The number of rotatable bonds is 6. The van der Waals surface area contributed by atoms with Crippen LogP contribution in [0, 0.1) is 0 Å². The topological polar surface area (TPSA) is 81.9 Å². The third kappa shape index (κ3) is 3.92. The third-order valence-corrected chi connectivity index (χ3v) is 4.15. The van der Waals surface area contributed by atoms with Crippen molar-refractivity contribution in [3.63, 3.8) is 0 Å². The summed E-state index contributed by atoms with van der Waals surface area (Å²) >= 11 is 0. The van der Waals surface area contributed by atoms with Crippen LogP contribution in [0.15, 0.2) is 36.7 Å². The van der Waals surface area contributed by atoms with E-state index in [0.717, 1.165) is 25.0 Å². The molecular weight excluding hydrogens is 294 g/mol. The Morgan fingerprint density at radius 3 is 2.91 bits per heavy atom. The van der Waals surface area contributed by atoms with Gasteiger partial charge in [-0.2, -0.15) is 0 Å². The Hall–Kier alpha value is -2.28. The maximum atomic E-state index is 12.7. The van der Waals surface area contributed by atoms with Crippen molar-refractivity contribution in [2.24, 2.45) is 0 Å². The second-order valence-corrected chi connectivity index (χ2v) is 5.84. The van der Waals surface area contributed by atoms with Crippen molar-refractivity contribution in [2.45, 2.75) is 44.4 Å². The molecule has 7 nitrogen and oxygen atoms in total. The zero-order valence-electron chi connectivity index (χ0n) is 13.1. The predicted octanol–water partition coefficient (Wildman–Crippen LogP) is 1.14. The maximum Gasteiger partial charge on any atom is 0.245 e. The van der Waals surface area contributed by atoms with Crippen LogP contribution < -0.4 is 5.32 Å². The highest BCUT2D eigenvalue weighted by atomic mass is 16.5. The number of nitrogens with one attached hydrogen (secondary N) is 1. The smallest absolute Gasteiger partial charge is 0.245 e. The van der Waals surface area contributed by atoms with E-state index in [0.29, 0.717) is 6.42 Å². The normalized spacial score (nSPS) is 20.1. The Morgan fingerprint density at radius 1 is 1.43 bits per heavy atom. The molecule has 1 aliphatic heterocycles. The van der Waals surface area contributed by atoms with Gasteiger partial charge in [0.1, 0.15) is 12.4 Å². The molecule has 1 aliphatic rings. The highest BCUT2D eigenvalue weighted by Gasteiger charge is 2.28. The summed E-state index contributed by atoms with van der Waals surface area (Å²) in [6.45, 7) is 2.75. The number of tetrazole rings is 1.